The summed E-state index contributed by atoms with van der Waals surface area (Å²) in [5.41, 5.74) is 3.25. The number of hydrogen-bond donors (Lipinski definition) is 0. The van der Waals surface area contributed by atoms with Crippen molar-refractivity contribution in [2.45, 2.75) is 25.8 Å². The highest BCUT2D eigenvalue weighted by Crippen LogP contribution is 2.32. The van der Waals surface area contributed by atoms with Gasteiger partial charge in [0.25, 0.3) is 0 Å². The number of nitrogens with zero attached hydrogens (tertiary/aromatic N) is 3. The molecule has 1 saturated heterocycles. The summed E-state index contributed by atoms with van der Waals surface area (Å²) in [5, 5.41) is 0. The lowest BCUT2D eigenvalue weighted by molar-refractivity contribution is 0.263. The van der Waals surface area contributed by atoms with Gasteiger partial charge in [-0.05, 0) is 50.0 Å². The van der Waals surface area contributed by atoms with Crippen LogP contribution in [0.1, 0.15) is 31.4 Å². The van der Waals surface area contributed by atoms with E-state index in [1.54, 1.807) is 20.4 Å². The standard InChI is InChI=1S/C18H23N3O2/c1-13(21-9-4-5-10-21)14-7-6-8-15(11-14)16-12-19-18(23-3)20-17(16)22-2/h6-8,11-13H,4-5,9-10H2,1-3H3/t13-/m0/s1. The minimum Gasteiger partial charge on any atom is -0.480 e. The molecular formula is C18H23N3O2. The fourth-order valence-corrected chi connectivity index (χ4v) is 3.11. The summed E-state index contributed by atoms with van der Waals surface area (Å²) in [5.74, 6) is 0.530. The van der Waals surface area contributed by atoms with Crippen LogP contribution >= 0.6 is 0 Å². The molecule has 0 spiro atoms. The van der Waals surface area contributed by atoms with Crippen LogP contribution in [0.15, 0.2) is 30.5 Å². The SMILES string of the molecule is COc1ncc(-c2cccc([C@H](C)N3CCCC3)c2)c(OC)n1. The predicted molar refractivity (Wildman–Crippen MR) is 89.8 cm³/mol. The molecule has 1 aromatic heterocycles. The first-order chi connectivity index (χ1) is 11.2. The van der Waals surface area contributed by atoms with Gasteiger partial charge in [-0.25, -0.2) is 4.98 Å². The molecule has 0 N–H and O–H groups in total. The van der Waals surface area contributed by atoms with Crippen molar-refractivity contribution < 1.29 is 9.47 Å². The van der Waals surface area contributed by atoms with E-state index in [0.29, 0.717) is 17.9 Å². The zero-order chi connectivity index (χ0) is 16.2. The van der Waals surface area contributed by atoms with Crippen molar-refractivity contribution in [2.24, 2.45) is 0 Å². The molecule has 1 aliphatic rings. The fraction of sp³-hybridized carbons (Fsp3) is 0.444. The summed E-state index contributed by atoms with van der Waals surface area (Å²) in [7, 11) is 3.16. The molecule has 1 fully saturated rings. The quantitative estimate of drug-likeness (QED) is 0.847. The van der Waals surface area contributed by atoms with Crippen molar-refractivity contribution in [3.63, 3.8) is 0 Å². The lowest BCUT2D eigenvalue weighted by atomic mass is 10.0. The van der Waals surface area contributed by atoms with Crippen molar-refractivity contribution in [1.29, 1.82) is 0 Å². The maximum Gasteiger partial charge on any atom is 0.319 e. The lowest BCUT2D eigenvalue weighted by Crippen LogP contribution is -2.23. The van der Waals surface area contributed by atoms with Crippen LogP contribution in [0.2, 0.25) is 0 Å². The first-order valence-electron chi connectivity index (χ1n) is 8.02. The molecule has 2 heterocycles. The molecule has 1 aliphatic heterocycles. The van der Waals surface area contributed by atoms with Gasteiger partial charge in [-0.3, -0.25) is 4.90 Å². The first-order valence-corrected chi connectivity index (χ1v) is 8.02. The molecular weight excluding hydrogens is 290 g/mol. The van der Waals surface area contributed by atoms with Crippen LogP contribution in [0.3, 0.4) is 0 Å². The van der Waals surface area contributed by atoms with Gasteiger partial charge in [0.1, 0.15) is 0 Å². The zero-order valence-corrected chi connectivity index (χ0v) is 14.0. The summed E-state index contributed by atoms with van der Waals surface area (Å²) >= 11 is 0. The van der Waals surface area contributed by atoms with Crippen LogP contribution in [-0.2, 0) is 0 Å². The molecule has 2 aromatic rings. The summed E-state index contributed by atoms with van der Waals surface area (Å²) < 4.78 is 10.5. The Morgan fingerprint density at radius 3 is 2.61 bits per heavy atom. The molecule has 23 heavy (non-hydrogen) atoms. The van der Waals surface area contributed by atoms with Crippen molar-refractivity contribution >= 4 is 0 Å². The normalized spacial score (nSPS) is 16.3. The predicted octanol–water partition coefficient (Wildman–Crippen LogP) is 3.32. The molecule has 0 saturated carbocycles. The Balaban J connectivity index is 1.93. The van der Waals surface area contributed by atoms with Gasteiger partial charge in [-0.1, -0.05) is 18.2 Å². The highest BCUT2D eigenvalue weighted by molar-refractivity contribution is 5.68. The fourth-order valence-electron chi connectivity index (χ4n) is 3.11. The average molecular weight is 313 g/mol. The van der Waals surface area contributed by atoms with Gasteiger partial charge in [-0.15, -0.1) is 0 Å². The lowest BCUT2D eigenvalue weighted by Gasteiger charge is -2.24. The molecule has 0 amide bonds. The van der Waals surface area contributed by atoms with E-state index in [4.69, 9.17) is 9.47 Å². The second-order valence-corrected chi connectivity index (χ2v) is 5.82. The molecule has 0 bridgehead atoms. The summed E-state index contributed by atoms with van der Waals surface area (Å²) in [6, 6.07) is 9.27. The van der Waals surface area contributed by atoms with E-state index in [2.05, 4.69) is 46.1 Å². The second-order valence-electron chi connectivity index (χ2n) is 5.82. The Labute approximate surface area is 137 Å². The number of ether oxygens (including phenoxy) is 2. The highest BCUT2D eigenvalue weighted by Gasteiger charge is 2.20. The van der Waals surface area contributed by atoms with E-state index < -0.39 is 0 Å². The maximum absolute atomic E-state index is 5.40. The molecule has 0 unspecified atom stereocenters. The molecule has 5 nitrogen and oxygen atoms in total. The molecule has 5 heteroatoms. The molecule has 3 rings (SSSR count). The van der Waals surface area contributed by atoms with Gasteiger partial charge in [-0.2, -0.15) is 4.98 Å². The summed E-state index contributed by atoms with van der Waals surface area (Å²) in [6.07, 6.45) is 4.35. The number of rotatable bonds is 5. The Hall–Kier alpha value is -2.14. The summed E-state index contributed by atoms with van der Waals surface area (Å²) in [6.45, 7) is 4.63. The van der Waals surface area contributed by atoms with E-state index in [0.717, 1.165) is 11.1 Å². The van der Waals surface area contributed by atoms with Crippen LogP contribution in [-0.4, -0.2) is 42.2 Å². The third-order valence-corrected chi connectivity index (χ3v) is 4.48. The number of aromatic nitrogens is 2. The third kappa shape index (κ3) is 3.29. The Bertz CT molecular complexity index is 669. The molecule has 1 aromatic carbocycles. The van der Waals surface area contributed by atoms with E-state index >= 15 is 0 Å². The van der Waals surface area contributed by atoms with Crippen molar-refractivity contribution in [3.05, 3.63) is 36.0 Å². The molecule has 0 aliphatic carbocycles. The monoisotopic (exact) mass is 313 g/mol. The number of methoxy groups -OCH3 is 2. The number of hydrogen-bond acceptors (Lipinski definition) is 5. The Morgan fingerprint density at radius 1 is 1.13 bits per heavy atom. The second kappa shape index (κ2) is 6.96. The number of benzene rings is 1. The van der Waals surface area contributed by atoms with Gasteiger partial charge in [0.2, 0.25) is 5.88 Å². The topological polar surface area (TPSA) is 47.5 Å². The Morgan fingerprint density at radius 2 is 1.91 bits per heavy atom. The van der Waals surface area contributed by atoms with Crippen molar-refractivity contribution in [2.75, 3.05) is 27.3 Å². The van der Waals surface area contributed by atoms with Crippen LogP contribution < -0.4 is 9.47 Å². The first kappa shape index (κ1) is 15.7. The minimum atomic E-state index is 0.312. The van der Waals surface area contributed by atoms with Crippen LogP contribution in [0.5, 0.6) is 11.9 Å². The van der Waals surface area contributed by atoms with E-state index in [-0.39, 0.29) is 0 Å². The molecule has 122 valence electrons. The van der Waals surface area contributed by atoms with Crippen LogP contribution in [0.25, 0.3) is 11.1 Å². The minimum absolute atomic E-state index is 0.312. The Kier molecular flexibility index (Phi) is 4.76. The van der Waals surface area contributed by atoms with Crippen LogP contribution in [0.4, 0.5) is 0 Å². The van der Waals surface area contributed by atoms with Gasteiger partial charge in [0, 0.05) is 12.2 Å². The largest absolute Gasteiger partial charge is 0.480 e. The van der Waals surface area contributed by atoms with Gasteiger partial charge in [0.05, 0.1) is 19.8 Å². The van der Waals surface area contributed by atoms with Gasteiger partial charge < -0.3 is 9.47 Å². The molecule has 1 atom stereocenters. The highest BCUT2D eigenvalue weighted by atomic mass is 16.5. The van der Waals surface area contributed by atoms with E-state index in [1.807, 2.05) is 0 Å². The third-order valence-electron chi connectivity index (χ3n) is 4.48. The zero-order valence-electron chi connectivity index (χ0n) is 14.0. The average Bonchev–Trinajstić information content (AvgIpc) is 3.15. The number of likely N-dealkylation sites (tertiary alicyclic amines) is 1. The molecule has 0 radical (unpaired) electrons. The summed E-state index contributed by atoms with van der Waals surface area (Å²) in [4.78, 5) is 11.0. The van der Waals surface area contributed by atoms with Crippen molar-refractivity contribution in [1.82, 2.24) is 14.9 Å². The smallest absolute Gasteiger partial charge is 0.319 e. The van der Waals surface area contributed by atoms with E-state index in [9.17, 15) is 0 Å². The van der Waals surface area contributed by atoms with Crippen LogP contribution in [0, 0.1) is 0 Å². The maximum atomic E-state index is 5.40. The van der Waals surface area contributed by atoms with Crippen molar-refractivity contribution in [3.8, 4) is 23.0 Å². The van der Waals surface area contributed by atoms with E-state index in [1.165, 1.54) is 31.5 Å². The van der Waals surface area contributed by atoms with Gasteiger partial charge in [0.15, 0.2) is 0 Å². The van der Waals surface area contributed by atoms with Gasteiger partial charge >= 0.3 is 6.01 Å².